The number of aromatic nitrogens is 2. The van der Waals surface area contributed by atoms with Crippen molar-refractivity contribution in [2.45, 2.75) is 27.3 Å². The molecule has 3 rings (SSSR count). The summed E-state index contributed by atoms with van der Waals surface area (Å²) in [6.45, 7) is 8.57. The van der Waals surface area contributed by atoms with Gasteiger partial charge in [0.15, 0.2) is 0 Å². The van der Waals surface area contributed by atoms with Crippen LogP contribution < -0.4 is 4.74 Å². The van der Waals surface area contributed by atoms with Crippen molar-refractivity contribution in [3.05, 3.63) is 46.8 Å². The van der Waals surface area contributed by atoms with E-state index in [1.54, 1.807) is 24.1 Å². The number of carbonyl (C=O) groups excluding carboxylic acids is 2. The summed E-state index contributed by atoms with van der Waals surface area (Å²) >= 11 is 0. The molecule has 7 nitrogen and oxygen atoms in total. The van der Waals surface area contributed by atoms with Gasteiger partial charge in [-0.2, -0.15) is 5.10 Å². The summed E-state index contributed by atoms with van der Waals surface area (Å²) in [5.74, 6) is 0.499. The van der Waals surface area contributed by atoms with Crippen LogP contribution in [0.4, 0.5) is 0 Å². The van der Waals surface area contributed by atoms with E-state index < -0.39 is 0 Å². The topological polar surface area (TPSA) is 67.7 Å². The Kier molecular flexibility index (Phi) is 5.48. The molecule has 0 atom stereocenters. The van der Waals surface area contributed by atoms with Crippen molar-refractivity contribution in [3.8, 4) is 5.75 Å². The van der Waals surface area contributed by atoms with E-state index in [9.17, 15) is 9.59 Å². The summed E-state index contributed by atoms with van der Waals surface area (Å²) in [5, 5.41) is 4.44. The fourth-order valence-corrected chi connectivity index (χ4v) is 3.58. The van der Waals surface area contributed by atoms with Gasteiger partial charge in [-0.3, -0.25) is 14.3 Å². The highest BCUT2D eigenvalue weighted by Crippen LogP contribution is 2.21. The molecule has 7 heteroatoms. The Morgan fingerprint density at radius 1 is 1.04 bits per heavy atom. The molecule has 2 aromatic rings. The molecular weight excluding hydrogens is 344 g/mol. The Labute approximate surface area is 159 Å². The molecule has 27 heavy (non-hydrogen) atoms. The number of carbonyl (C=O) groups is 2. The second kappa shape index (κ2) is 7.82. The molecule has 1 saturated heterocycles. The van der Waals surface area contributed by atoms with Gasteiger partial charge in [-0.05, 0) is 32.9 Å². The van der Waals surface area contributed by atoms with E-state index in [1.807, 2.05) is 42.5 Å². The van der Waals surface area contributed by atoms with E-state index in [0.717, 1.165) is 17.9 Å². The van der Waals surface area contributed by atoms with Gasteiger partial charge in [-0.15, -0.1) is 0 Å². The lowest BCUT2D eigenvalue weighted by Gasteiger charge is -2.35. The summed E-state index contributed by atoms with van der Waals surface area (Å²) in [6.07, 6.45) is 0. The molecule has 0 bridgehead atoms. The summed E-state index contributed by atoms with van der Waals surface area (Å²) in [4.78, 5) is 29.4. The van der Waals surface area contributed by atoms with Crippen LogP contribution >= 0.6 is 0 Å². The fourth-order valence-electron chi connectivity index (χ4n) is 3.58. The number of ether oxygens (including phenoxy) is 1. The normalized spacial score (nSPS) is 14.4. The van der Waals surface area contributed by atoms with Crippen molar-refractivity contribution in [1.29, 1.82) is 0 Å². The maximum Gasteiger partial charge on any atom is 0.257 e. The Bertz CT molecular complexity index is 851. The molecular formula is C20H26N4O3. The minimum absolute atomic E-state index is 0.00547. The zero-order valence-corrected chi connectivity index (χ0v) is 16.4. The summed E-state index contributed by atoms with van der Waals surface area (Å²) in [6, 6.07) is 7.22. The van der Waals surface area contributed by atoms with Crippen LogP contribution in [0.3, 0.4) is 0 Å². The van der Waals surface area contributed by atoms with Crippen molar-refractivity contribution >= 4 is 11.8 Å². The van der Waals surface area contributed by atoms with E-state index >= 15 is 0 Å². The van der Waals surface area contributed by atoms with Gasteiger partial charge >= 0.3 is 0 Å². The average molecular weight is 370 g/mol. The minimum Gasteiger partial charge on any atom is -0.496 e. The molecule has 0 N–H and O–H groups in total. The predicted octanol–water partition coefficient (Wildman–Crippen LogP) is 2.13. The van der Waals surface area contributed by atoms with Gasteiger partial charge in [0.05, 0.1) is 23.9 Å². The van der Waals surface area contributed by atoms with Crippen molar-refractivity contribution in [2.24, 2.45) is 0 Å². The van der Waals surface area contributed by atoms with Gasteiger partial charge in [-0.1, -0.05) is 12.1 Å². The smallest absolute Gasteiger partial charge is 0.257 e. The van der Waals surface area contributed by atoms with E-state index in [2.05, 4.69) is 5.10 Å². The third kappa shape index (κ3) is 3.54. The first-order valence-corrected chi connectivity index (χ1v) is 9.23. The monoisotopic (exact) mass is 370 g/mol. The molecule has 1 aliphatic rings. The molecule has 0 spiro atoms. The zero-order chi connectivity index (χ0) is 19.6. The first-order valence-electron chi connectivity index (χ1n) is 9.23. The number of nitrogens with zero attached hydrogens (tertiary/aromatic N) is 4. The average Bonchev–Trinajstić information content (AvgIpc) is 3.00. The number of aryl methyl sites for hydroxylation is 2. The van der Waals surface area contributed by atoms with Gasteiger partial charge < -0.3 is 14.5 Å². The van der Waals surface area contributed by atoms with Gasteiger partial charge in [0.1, 0.15) is 5.75 Å². The maximum absolute atomic E-state index is 13.0. The van der Waals surface area contributed by atoms with Crippen LogP contribution in [0.15, 0.2) is 24.3 Å². The summed E-state index contributed by atoms with van der Waals surface area (Å²) in [5.41, 5.74) is 2.89. The Balaban J connectivity index is 1.69. The first-order chi connectivity index (χ1) is 13.0. The molecule has 0 aliphatic carbocycles. The third-order valence-corrected chi connectivity index (χ3v) is 5.09. The molecule has 1 aromatic heterocycles. The molecule has 0 saturated carbocycles. The highest BCUT2D eigenvalue weighted by molar-refractivity contribution is 5.98. The largest absolute Gasteiger partial charge is 0.496 e. The quantitative estimate of drug-likeness (QED) is 0.827. The second-order valence-corrected chi connectivity index (χ2v) is 6.65. The van der Waals surface area contributed by atoms with E-state index in [1.165, 1.54) is 0 Å². The lowest BCUT2D eigenvalue weighted by atomic mass is 10.1. The van der Waals surface area contributed by atoms with E-state index in [4.69, 9.17) is 4.74 Å². The van der Waals surface area contributed by atoms with Gasteiger partial charge in [0.25, 0.3) is 11.8 Å². The van der Waals surface area contributed by atoms with Crippen LogP contribution in [0.2, 0.25) is 0 Å². The van der Waals surface area contributed by atoms with Gasteiger partial charge in [0.2, 0.25) is 0 Å². The van der Waals surface area contributed by atoms with Crippen LogP contribution in [0, 0.1) is 13.8 Å². The summed E-state index contributed by atoms with van der Waals surface area (Å²) < 4.78 is 7.14. The lowest BCUT2D eigenvalue weighted by molar-refractivity contribution is 0.0532. The highest BCUT2D eigenvalue weighted by Gasteiger charge is 2.29. The first kappa shape index (κ1) is 18.9. The van der Waals surface area contributed by atoms with Crippen molar-refractivity contribution in [1.82, 2.24) is 19.6 Å². The second-order valence-electron chi connectivity index (χ2n) is 6.65. The number of hydrogen-bond donors (Lipinski definition) is 0. The van der Waals surface area contributed by atoms with Crippen LogP contribution in [0.5, 0.6) is 5.75 Å². The molecule has 144 valence electrons. The van der Waals surface area contributed by atoms with Crippen LogP contribution in [-0.2, 0) is 6.54 Å². The number of para-hydroxylation sites is 1. The number of rotatable bonds is 4. The van der Waals surface area contributed by atoms with Crippen LogP contribution in [0.1, 0.15) is 39.0 Å². The highest BCUT2D eigenvalue weighted by atomic mass is 16.5. The number of methoxy groups -OCH3 is 1. The van der Waals surface area contributed by atoms with Gasteiger partial charge in [-0.25, -0.2) is 0 Å². The van der Waals surface area contributed by atoms with Crippen molar-refractivity contribution in [2.75, 3.05) is 33.3 Å². The molecule has 1 aliphatic heterocycles. The lowest BCUT2D eigenvalue weighted by Crippen LogP contribution is -2.50. The fraction of sp³-hybridized carbons (Fsp3) is 0.450. The van der Waals surface area contributed by atoms with Crippen molar-refractivity contribution < 1.29 is 14.3 Å². The summed E-state index contributed by atoms with van der Waals surface area (Å²) in [7, 11) is 1.56. The molecule has 1 aromatic carbocycles. The zero-order valence-electron chi connectivity index (χ0n) is 16.4. The minimum atomic E-state index is -0.0642. The number of hydrogen-bond acceptors (Lipinski definition) is 4. The van der Waals surface area contributed by atoms with E-state index in [0.29, 0.717) is 43.1 Å². The molecule has 1 fully saturated rings. The molecule has 0 radical (unpaired) electrons. The standard InChI is InChI=1S/C20H26N4O3/c1-5-24-15(3)18(14(2)21-24)20(26)23-12-10-22(11-13-23)19(25)16-8-6-7-9-17(16)27-4/h6-9H,5,10-13H2,1-4H3. The Morgan fingerprint density at radius 2 is 1.63 bits per heavy atom. The number of amides is 2. The molecule has 2 heterocycles. The third-order valence-electron chi connectivity index (χ3n) is 5.09. The molecule has 2 amide bonds. The van der Waals surface area contributed by atoms with E-state index in [-0.39, 0.29) is 11.8 Å². The van der Waals surface area contributed by atoms with Crippen molar-refractivity contribution in [3.63, 3.8) is 0 Å². The number of piperazine rings is 1. The maximum atomic E-state index is 13.0. The number of benzene rings is 1. The Hall–Kier alpha value is -2.83. The van der Waals surface area contributed by atoms with Crippen LogP contribution in [-0.4, -0.2) is 64.7 Å². The predicted molar refractivity (Wildman–Crippen MR) is 102 cm³/mol. The van der Waals surface area contributed by atoms with Crippen LogP contribution in [0.25, 0.3) is 0 Å². The Morgan fingerprint density at radius 3 is 2.19 bits per heavy atom. The SMILES string of the molecule is CCn1nc(C)c(C(=O)N2CCN(C(=O)c3ccccc3OC)CC2)c1C. The molecule has 0 unspecified atom stereocenters. The van der Waals surface area contributed by atoms with Gasteiger partial charge in [0, 0.05) is 38.4 Å².